The van der Waals surface area contributed by atoms with Crippen molar-refractivity contribution >= 4 is 17.2 Å². The normalized spacial score (nSPS) is 17.3. The minimum Gasteiger partial charge on any atom is -0.228 e. The van der Waals surface area contributed by atoms with Crippen molar-refractivity contribution in [1.29, 1.82) is 0 Å². The van der Waals surface area contributed by atoms with Gasteiger partial charge in [0.25, 0.3) is 0 Å². The zero-order valence-corrected chi connectivity index (χ0v) is 28.5. The largest absolute Gasteiger partial charge is 0.228 e. The van der Waals surface area contributed by atoms with Crippen LogP contribution < -0.4 is 0 Å². The summed E-state index contributed by atoms with van der Waals surface area (Å²) in [5.74, 6) is 0.755. The number of benzene rings is 3. The first kappa shape index (κ1) is 31.8. The lowest BCUT2D eigenvalue weighted by Crippen LogP contribution is -2.30. The first-order valence-electron chi connectivity index (χ1n) is 17.8. The fourth-order valence-electron chi connectivity index (χ4n) is 7.93. The van der Waals surface area contributed by atoms with Gasteiger partial charge in [0.1, 0.15) is 0 Å². The molecule has 0 atom stereocenters. The minimum atomic E-state index is 0.0142. The van der Waals surface area contributed by atoms with Gasteiger partial charge in [0.15, 0.2) is 5.82 Å². The molecule has 0 bridgehead atoms. The lowest BCUT2D eigenvalue weighted by molar-refractivity contribution is 0.346. The van der Waals surface area contributed by atoms with Gasteiger partial charge in [0, 0.05) is 11.0 Å². The second kappa shape index (κ2) is 14.1. The summed E-state index contributed by atoms with van der Waals surface area (Å²) in [6.07, 6.45) is 29.8. The summed E-state index contributed by atoms with van der Waals surface area (Å²) < 4.78 is 0. The number of allylic oxidation sites excluding steroid dienone is 10. The van der Waals surface area contributed by atoms with E-state index in [0.29, 0.717) is 0 Å². The van der Waals surface area contributed by atoms with Crippen molar-refractivity contribution in [3.8, 4) is 22.5 Å². The Morgan fingerprint density at radius 3 is 2.21 bits per heavy atom. The Kier molecular flexibility index (Phi) is 9.34. The number of nitrogens with zero attached hydrogens (tertiary/aromatic N) is 2. The second-order valence-corrected chi connectivity index (χ2v) is 13.6. The molecule has 1 fully saturated rings. The molecule has 1 saturated carbocycles. The first-order chi connectivity index (χ1) is 23.6. The van der Waals surface area contributed by atoms with E-state index in [1.165, 1.54) is 71.0 Å². The number of hydrogen-bond acceptors (Lipinski definition) is 2. The average molecular weight is 627 g/mol. The van der Waals surface area contributed by atoms with Gasteiger partial charge in [0.05, 0.1) is 11.4 Å². The molecule has 1 aromatic heterocycles. The van der Waals surface area contributed by atoms with Crippen LogP contribution in [0.2, 0.25) is 0 Å². The van der Waals surface area contributed by atoms with Crippen LogP contribution in [0.25, 0.3) is 39.7 Å². The quantitative estimate of drug-likeness (QED) is 0.182. The van der Waals surface area contributed by atoms with Gasteiger partial charge in [-0.15, -0.1) is 0 Å². The highest BCUT2D eigenvalue weighted by atomic mass is 14.9. The van der Waals surface area contributed by atoms with E-state index in [4.69, 9.17) is 9.97 Å². The lowest BCUT2D eigenvalue weighted by atomic mass is 9.65. The van der Waals surface area contributed by atoms with Gasteiger partial charge in [0.2, 0.25) is 0 Å². The van der Waals surface area contributed by atoms with Crippen LogP contribution in [0, 0.1) is 6.92 Å². The minimum absolute atomic E-state index is 0.0142. The lowest BCUT2D eigenvalue weighted by Gasteiger charge is -2.39. The van der Waals surface area contributed by atoms with Gasteiger partial charge in [-0.05, 0) is 115 Å². The van der Waals surface area contributed by atoms with E-state index in [2.05, 4.69) is 117 Å². The highest BCUT2D eigenvalue weighted by Gasteiger charge is 2.35. The zero-order valence-electron chi connectivity index (χ0n) is 28.5. The fourth-order valence-corrected chi connectivity index (χ4v) is 7.93. The van der Waals surface area contributed by atoms with E-state index in [0.717, 1.165) is 59.6 Å². The smallest absolute Gasteiger partial charge is 0.160 e. The molecule has 0 saturated heterocycles. The van der Waals surface area contributed by atoms with Crippen LogP contribution in [0.1, 0.15) is 97.5 Å². The van der Waals surface area contributed by atoms with Crippen LogP contribution in [0.5, 0.6) is 0 Å². The first-order valence-corrected chi connectivity index (χ1v) is 17.8. The Bertz CT molecular complexity index is 1960. The van der Waals surface area contributed by atoms with E-state index in [1.54, 1.807) is 0 Å². The van der Waals surface area contributed by atoms with Crippen LogP contribution in [-0.2, 0) is 11.8 Å². The summed E-state index contributed by atoms with van der Waals surface area (Å²) >= 11 is 0. The molecule has 0 unspecified atom stereocenters. The molecule has 1 heterocycles. The zero-order chi connectivity index (χ0) is 32.9. The Labute approximate surface area is 287 Å². The van der Waals surface area contributed by atoms with Gasteiger partial charge in [-0.2, -0.15) is 0 Å². The summed E-state index contributed by atoms with van der Waals surface area (Å²) in [5.41, 5.74) is 14.8. The second-order valence-electron chi connectivity index (χ2n) is 13.6. The van der Waals surface area contributed by atoms with Crippen LogP contribution in [-0.4, -0.2) is 9.97 Å². The molecule has 0 N–H and O–H groups in total. The van der Waals surface area contributed by atoms with Crippen molar-refractivity contribution in [3.05, 3.63) is 161 Å². The summed E-state index contributed by atoms with van der Waals surface area (Å²) in [6.45, 7) is 8.24. The van der Waals surface area contributed by atoms with Crippen molar-refractivity contribution in [2.45, 2.75) is 77.0 Å². The summed E-state index contributed by atoms with van der Waals surface area (Å²) in [5, 5.41) is 0. The van der Waals surface area contributed by atoms with E-state index >= 15 is 0 Å². The van der Waals surface area contributed by atoms with E-state index in [9.17, 15) is 0 Å². The van der Waals surface area contributed by atoms with Crippen molar-refractivity contribution in [3.63, 3.8) is 0 Å². The molecule has 3 aliphatic rings. The van der Waals surface area contributed by atoms with Crippen LogP contribution >= 0.6 is 0 Å². The van der Waals surface area contributed by atoms with E-state index < -0.39 is 0 Å². The van der Waals surface area contributed by atoms with Crippen LogP contribution in [0.15, 0.2) is 122 Å². The molecule has 0 spiro atoms. The Hall–Kier alpha value is -4.82. The summed E-state index contributed by atoms with van der Waals surface area (Å²) in [4.78, 5) is 10.2. The standard InChI is InChI=1S/C46H46N2/c1-4-14-35(15-5-2)43-32-44(36-16-8-6-9-17-36)48-45(47-43)37-22-26-41(27-23-37)46(28-12-7-13-29-46)40-24-20-34(21-25-40)42-31-39-19-11-10-18-38(39)30-33(42)3/h4-5,8,11,14-17,19-27,30-32H,1,6-7,9-10,12-13,18,28-29H2,2-3H3/b15-5-,35-14+. The monoisotopic (exact) mass is 626 g/mol. The van der Waals surface area contributed by atoms with Crippen LogP contribution in [0.3, 0.4) is 0 Å². The van der Waals surface area contributed by atoms with Gasteiger partial charge in [-0.25, -0.2) is 9.97 Å². The van der Waals surface area contributed by atoms with E-state index in [-0.39, 0.29) is 5.41 Å². The molecular weight excluding hydrogens is 581 g/mol. The molecule has 0 radical (unpaired) electrons. The molecule has 48 heavy (non-hydrogen) atoms. The van der Waals surface area contributed by atoms with Gasteiger partial charge < -0.3 is 0 Å². The van der Waals surface area contributed by atoms with Gasteiger partial charge in [-0.1, -0.05) is 135 Å². The van der Waals surface area contributed by atoms with Crippen molar-refractivity contribution in [2.24, 2.45) is 0 Å². The predicted octanol–water partition coefficient (Wildman–Crippen LogP) is 12.2. The summed E-state index contributed by atoms with van der Waals surface area (Å²) in [6, 6.07) is 25.6. The molecule has 7 rings (SSSR count). The number of aryl methyl sites for hydroxylation is 2. The van der Waals surface area contributed by atoms with Crippen molar-refractivity contribution in [1.82, 2.24) is 9.97 Å². The van der Waals surface area contributed by atoms with Gasteiger partial charge >= 0.3 is 0 Å². The maximum atomic E-state index is 5.11. The molecule has 2 nitrogen and oxygen atoms in total. The Morgan fingerprint density at radius 2 is 1.52 bits per heavy atom. The van der Waals surface area contributed by atoms with Crippen molar-refractivity contribution < 1.29 is 0 Å². The highest BCUT2D eigenvalue weighted by Crippen LogP contribution is 2.46. The molecule has 0 amide bonds. The molecule has 4 aromatic rings. The highest BCUT2D eigenvalue weighted by molar-refractivity contribution is 5.79. The van der Waals surface area contributed by atoms with E-state index in [1.807, 2.05) is 25.2 Å². The average Bonchev–Trinajstić information content (AvgIpc) is 3.15. The SMILES string of the molecule is C=C/C=C(\C=C/C)c1cc(C2=CCCC=C2)nc(-c2ccc(C3(c4ccc(-c5cc6c(cc5C)CCC=C6)cc4)CCCCC3)cc2)n1. The molecule has 240 valence electrons. The van der Waals surface area contributed by atoms with Crippen LogP contribution in [0.4, 0.5) is 0 Å². The fraction of sp³-hybridized carbons (Fsp3) is 0.261. The number of hydrogen-bond donors (Lipinski definition) is 0. The third-order valence-corrected chi connectivity index (χ3v) is 10.5. The van der Waals surface area contributed by atoms with Gasteiger partial charge in [-0.3, -0.25) is 0 Å². The third-order valence-electron chi connectivity index (χ3n) is 10.5. The molecular formula is C46H46N2. The number of rotatable bonds is 8. The molecule has 2 heteroatoms. The predicted molar refractivity (Wildman–Crippen MR) is 205 cm³/mol. The summed E-state index contributed by atoms with van der Waals surface area (Å²) in [7, 11) is 0. The molecule has 0 aliphatic heterocycles. The Morgan fingerprint density at radius 1 is 0.792 bits per heavy atom. The number of aromatic nitrogens is 2. The third kappa shape index (κ3) is 6.37. The molecule has 3 aliphatic carbocycles. The Balaban J connectivity index is 1.24. The van der Waals surface area contributed by atoms with Crippen molar-refractivity contribution in [2.75, 3.05) is 0 Å². The maximum Gasteiger partial charge on any atom is 0.160 e. The number of fused-ring (bicyclic) bond motifs is 1. The molecule has 3 aromatic carbocycles. The topological polar surface area (TPSA) is 25.8 Å². The maximum absolute atomic E-state index is 5.11.